The number of benzene rings is 2. The van der Waals surface area contributed by atoms with Gasteiger partial charge in [-0.3, -0.25) is 9.59 Å². The van der Waals surface area contributed by atoms with E-state index in [0.29, 0.717) is 29.6 Å². The second-order valence-electron chi connectivity index (χ2n) is 6.34. The van der Waals surface area contributed by atoms with Crippen molar-refractivity contribution in [2.24, 2.45) is 0 Å². The molecule has 3 aromatic rings. The lowest BCUT2D eigenvalue weighted by atomic mass is 10.1. The highest BCUT2D eigenvalue weighted by atomic mass is 32.2. The topological polar surface area (TPSA) is 64.0 Å². The third-order valence-corrected chi connectivity index (χ3v) is 5.21. The van der Waals surface area contributed by atoms with Crippen LogP contribution in [-0.4, -0.2) is 28.0 Å². The van der Waals surface area contributed by atoms with Crippen molar-refractivity contribution in [2.45, 2.75) is 31.7 Å². The summed E-state index contributed by atoms with van der Waals surface area (Å²) in [4.78, 5) is 26.4. The summed E-state index contributed by atoms with van der Waals surface area (Å²) in [7, 11) is 0. The van der Waals surface area contributed by atoms with Crippen molar-refractivity contribution in [1.29, 1.82) is 0 Å². The van der Waals surface area contributed by atoms with Gasteiger partial charge in [-0.15, -0.1) is 11.8 Å². The molecule has 0 aliphatic heterocycles. The Morgan fingerprint density at radius 3 is 2.52 bits per heavy atom. The molecule has 2 aromatic carbocycles. The fourth-order valence-electron chi connectivity index (χ4n) is 2.82. The molecule has 0 aliphatic carbocycles. The molecule has 0 saturated carbocycles. The first-order valence-corrected chi connectivity index (χ1v) is 10.1. The van der Waals surface area contributed by atoms with Gasteiger partial charge in [0.05, 0.1) is 5.39 Å². The Morgan fingerprint density at radius 1 is 1.11 bits per heavy atom. The Morgan fingerprint density at radius 2 is 1.81 bits per heavy atom. The van der Waals surface area contributed by atoms with Crippen molar-refractivity contribution in [2.75, 3.05) is 12.3 Å². The van der Waals surface area contributed by atoms with Gasteiger partial charge in [-0.2, -0.15) is 5.10 Å². The van der Waals surface area contributed by atoms with Crippen molar-refractivity contribution in [3.8, 4) is 0 Å². The first-order valence-electron chi connectivity index (χ1n) is 9.07. The fraction of sp³-hybridized carbons (Fsp3) is 0.286. The molecule has 140 valence electrons. The number of hydrogen-bond acceptors (Lipinski definition) is 4. The molecule has 0 aliphatic rings. The summed E-state index contributed by atoms with van der Waals surface area (Å²) in [6.07, 6.45) is 0.777. The molecule has 3 rings (SSSR count). The number of rotatable bonds is 7. The molecule has 0 spiro atoms. The molecule has 5 nitrogen and oxygen atoms in total. The van der Waals surface area contributed by atoms with Crippen LogP contribution < -0.4 is 10.9 Å². The zero-order valence-electron chi connectivity index (χ0n) is 15.6. The van der Waals surface area contributed by atoms with Crippen LogP contribution in [0.2, 0.25) is 0 Å². The number of carbonyl (C=O) groups excluding carboxylic acids is 1. The molecule has 27 heavy (non-hydrogen) atoms. The third-order valence-electron chi connectivity index (χ3n) is 4.20. The maximum atomic E-state index is 12.7. The summed E-state index contributed by atoms with van der Waals surface area (Å²) in [5, 5.41) is 8.37. The van der Waals surface area contributed by atoms with E-state index in [0.717, 1.165) is 12.2 Å². The summed E-state index contributed by atoms with van der Waals surface area (Å²) in [6, 6.07) is 15.5. The number of aromatic nitrogens is 2. The van der Waals surface area contributed by atoms with Crippen LogP contribution in [0.3, 0.4) is 0 Å². The van der Waals surface area contributed by atoms with E-state index in [-0.39, 0.29) is 11.5 Å². The predicted octanol–water partition coefficient (Wildman–Crippen LogP) is 3.64. The van der Waals surface area contributed by atoms with Gasteiger partial charge >= 0.3 is 0 Å². The molecule has 1 aromatic heterocycles. The van der Waals surface area contributed by atoms with Gasteiger partial charge in [-0.1, -0.05) is 42.8 Å². The molecule has 0 saturated heterocycles. The Kier molecular flexibility index (Phi) is 6.29. The molecule has 0 bridgehead atoms. The first-order chi connectivity index (χ1) is 13.1. The predicted molar refractivity (Wildman–Crippen MR) is 111 cm³/mol. The average molecular weight is 382 g/mol. The normalized spacial score (nSPS) is 10.9. The molecule has 1 N–H and O–H groups in total. The number of carbonyl (C=O) groups is 1. The largest absolute Gasteiger partial charge is 0.350 e. The number of thioether (sulfide) groups is 1. The summed E-state index contributed by atoms with van der Waals surface area (Å²) < 4.78 is 1.39. The smallest absolute Gasteiger partial charge is 0.274 e. The number of aryl methyl sites for hydroxylation is 2. The quantitative estimate of drug-likeness (QED) is 0.501. The van der Waals surface area contributed by atoms with Gasteiger partial charge < -0.3 is 5.32 Å². The number of fused-ring (bicyclic) bond motifs is 1. The number of amides is 1. The van der Waals surface area contributed by atoms with Crippen LogP contribution in [0.1, 0.15) is 29.4 Å². The van der Waals surface area contributed by atoms with Crippen LogP contribution >= 0.6 is 11.8 Å². The maximum Gasteiger partial charge on any atom is 0.274 e. The standard InChI is InChI=1S/C21H23N3O2S/c1-3-13-24-21(26)18-7-5-4-6-17(18)19(23-24)20(25)22-12-14-27-16-10-8-15(2)9-11-16/h4-11H,3,12-14H2,1-2H3,(H,22,25). The number of hydrogen-bond donors (Lipinski definition) is 1. The van der Waals surface area contributed by atoms with E-state index in [1.54, 1.807) is 30.0 Å². The van der Waals surface area contributed by atoms with Crippen LogP contribution in [0.25, 0.3) is 10.8 Å². The summed E-state index contributed by atoms with van der Waals surface area (Å²) >= 11 is 1.69. The minimum atomic E-state index is -0.249. The van der Waals surface area contributed by atoms with E-state index in [1.165, 1.54) is 15.1 Å². The monoisotopic (exact) mass is 381 g/mol. The summed E-state index contributed by atoms with van der Waals surface area (Å²) in [5.74, 6) is 0.516. The molecule has 6 heteroatoms. The lowest BCUT2D eigenvalue weighted by molar-refractivity contribution is 0.0950. The Bertz CT molecular complexity index is 996. The molecule has 0 unspecified atom stereocenters. The third kappa shape index (κ3) is 4.57. The minimum Gasteiger partial charge on any atom is -0.350 e. The number of nitrogens with one attached hydrogen (secondary N) is 1. The molecule has 0 atom stereocenters. The lowest BCUT2D eigenvalue weighted by Crippen LogP contribution is -2.31. The van der Waals surface area contributed by atoms with Gasteiger partial charge in [0.2, 0.25) is 0 Å². The van der Waals surface area contributed by atoms with Gasteiger partial charge in [-0.05, 0) is 31.5 Å². The summed E-state index contributed by atoms with van der Waals surface area (Å²) in [6.45, 7) is 5.06. The molecule has 1 amide bonds. The summed E-state index contributed by atoms with van der Waals surface area (Å²) in [5.41, 5.74) is 1.38. The van der Waals surface area contributed by atoms with Gasteiger partial charge in [0.1, 0.15) is 0 Å². The van der Waals surface area contributed by atoms with E-state index in [1.807, 2.05) is 13.0 Å². The van der Waals surface area contributed by atoms with Crippen molar-refractivity contribution < 1.29 is 4.79 Å². The molecular formula is C21H23N3O2S. The van der Waals surface area contributed by atoms with E-state index < -0.39 is 0 Å². The lowest BCUT2D eigenvalue weighted by Gasteiger charge is -2.11. The second kappa shape index (κ2) is 8.86. The molecule has 1 heterocycles. The van der Waals surface area contributed by atoms with Crippen LogP contribution in [-0.2, 0) is 6.54 Å². The molecule has 0 fully saturated rings. The molecule has 0 radical (unpaired) electrons. The maximum absolute atomic E-state index is 12.7. The second-order valence-corrected chi connectivity index (χ2v) is 7.51. The van der Waals surface area contributed by atoms with Crippen LogP contribution in [0, 0.1) is 6.92 Å². The SMILES string of the molecule is CCCn1nc(C(=O)NCCSc2ccc(C)cc2)c2ccccc2c1=O. The zero-order valence-corrected chi connectivity index (χ0v) is 16.4. The van der Waals surface area contributed by atoms with Crippen LogP contribution in [0.15, 0.2) is 58.2 Å². The Balaban J connectivity index is 1.72. The van der Waals surface area contributed by atoms with Gasteiger partial charge in [0.15, 0.2) is 5.69 Å². The Hall–Kier alpha value is -2.60. The van der Waals surface area contributed by atoms with Crippen molar-refractivity contribution >= 4 is 28.4 Å². The van der Waals surface area contributed by atoms with E-state index in [9.17, 15) is 9.59 Å². The van der Waals surface area contributed by atoms with Gasteiger partial charge in [0, 0.05) is 29.1 Å². The zero-order chi connectivity index (χ0) is 19.2. The van der Waals surface area contributed by atoms with E-state index >= 15 is 0 Å². The average Bonchev–Trinajstić information content (AvgIpc) is 2.69. The highest BCUT2D eigenvalue weighted by Crippen LogP contribution is 2.18. The van der Waals surface area contributed by atoms with Gasteiger partial charge in [0.25, 0.3) is 11.5 Å². The Labute approximate surface area is 162 Å². The van der Waals surface area contributed by atoms with Crippen molar-refractivity contribution in [3.05, 3.63) is 70.1 Å². The number of nitrogens with zero attached hydrogens (tertiary/aromatic N) is 2. The van der Waals surface area contributed by atoms with E-state index in [4.69, 9.17) is 0 Å². The first kappa shape index (κ1) is 19.2. The van der Waals surface area contributed by atoms with E-state index in [2.05, 4.69) is 41.6 Å². The van der Waals surface area contributed by atoms with Crippen molar-refractivity contribution in [1.82, 2.24) is 15.1 Å². The highest BCUT2D eigenvalue weighted by Gasteiger charge is 2.16. The fourth-order valence-corrected chi connectivity index (χ4v) is 3.59. The van der Waals surface area contributed by atoms with Crippen LogP contribution in [0.5, 0.6) is 0 Å². The van der Waals surface area contributed by atoms with Crippen molar-refractivity contribution in [3.63, 3.8) is 0 Å². The minimum absolute atomic E-state index is 0.154. The highest BCUT2D eigenvalue weighted by molar-refractivity contribution is 7.99. The van der Waals surface area contributed by atoms with Gasteiger partial charge in [-0.25, -0.2) is 4.68 Å². The molecular weight excluding hydrogens is 358 g/mol. The van der Waals surface area contributed by atoms with Crippen LogP contribution in [0.4, 0.5) is 0 Å².